The first kappa shape index (κ1) is 10.8. The van der Waals surface area contributed by atoms with E-state index in [-0.39, 0.29) is 0 Å². The van der Waals surface area contributed by atoms with Gasteiger partial charge in [0.25, 0.3) is 0 Å². The fraction of sp³-hybridized carbons (Fsp3) is 0.133. The molecule has 0 saturated carbocycles. The number of anilines is 1. The molecule has 90 valence electrons. The number of nitrogens with two attached hydrogens (primary N) is 1. The third-order valence-corrected chi connectivity index (χ3v) is 3.36. The van der Waals surface area contributed by atoms with Crippen molar-refractivity contribution in [2.45, 2.75) is 6.92 Å². The van der Waals surface area contributed by atoms with Gasteiger partial charge in [-0.25, -0.2) is 0 Å². The number of nitrogen functional groups attached to an aromatic ring is 1. The maximum absolute atomic E-state index is 5.95. The van der Waals surface area contributed by atoms with Crippen molar-refractivity contribution in [3.8, 4) is 11.3 Å². The van der Waals surface area contributed by atoms with E-state index in [4.69, 9.17) is 5.73 Å². The largest absolute Gasteiger partial charge is 0.384 e. The lowest BCUT2D eigenvalue weighted by Gasteiger charge is -2.02. The van der Waals surface area contributed by atoms with Gasteiger partial charge in [0.15, 0.2) is 0 Å². The van der Waals surface area contributed by atoms with Crippen molar-refractivity contribution in [1.29, 1.82) is 0 Å². The average Bonchev–Trinajstić information content (AvgIpc) is 2.66. The van der Waals surface area contributed by atoms with Crippen LogP contribution in [0.15, 0.2) is 42.5 Å². The van der Waals surface area contributed by atoms with Crippen LogP contribution in [-0.4, -0.2) is 9.78 Å². The number of aryl methyl sites for hydroxylation is 1. The van der Waals surface area contributed by atoms with Crippen LogP contribution in [0.5, 0.6) is 0 Å². The highest BCUT2D eigenvalue weighted by atomic mass is 15.3. The van der Waals surface area contributed by atoms with Crippen LogP contribution in [0.4, 0.5) is 5.82 Å². The monoisotopic (exact) mass is 237 g/mol. The molecule has 18 heavy (non-hydrogen) atoms. The van der Waals surface area contributed by atoms with Crippen molar-refractivity contribution in [2.24, 2.45) is 7.05 Å². The summed E-state index contributed by atoms with van der Waals surface area (Å²) in [7, 11) is 1.87. The van der Waals surface area contributed by atoms with E-state index in [1.165, 1.54) is 10.8 Å². The van der Waals surface area contributed by atoms with Crippen LogP contribution in [0.3, 0.4) is 0 Å². The maximum Gasteiger partial charge on any atom is 0.124 e. The minimum absolute atomic E-state index is 0.721. The van der Waals surface area contributed by atoms with Crippen LogP contribution in [0, 0.1) is 6.92 Å². The topological polar surface area (TPSA) is 43.8 Å². The standard InChI is InChI=1S/C15H15N3/c1-10-14(17-18(2)15(10)16)13-8-7-11-5-3-4-6-12(11)9-13/h3-9H,16H2,1-2H3. The predicted octanol–water partition coefficient (Wildman–Crippen LogP) is 3.13. The van der Waals surface area contributed by atoms with Crippen LogP contribution >= 0.6 is 0 Å². The Balaban J connectivity index is 2.22. The van der Waals surface area contributed by atoms with Crippen molar-refractivity contribution in [3.63, 3.8) is 0 Å². The lowest BCUT2D eigenvalue weighted by Crippen LogP contribution is -1.97. The minimum atomic E-state index is 0.721. The van der Waals surface area contributed by atoms with Gasteiger partial charge < -0.3 is 5.73 Å². The van der Waals surface area contributed by atoms with E-state index in [1.807, 2.05) is 26.1 Å². The summed E-state index contributed by atoms with van der Waals surface area (Å²) in [5, 5.41) is 6.94. The van der Waals surface area contributed by atoms with Gasteiger partial charge in [-0.15, -0.1) is 0 Å². The molecule has 2 N–H and O–H groups in total. The van der Waals surface area contributed by atoms with Crippen LogP contribution < -0.4 is 5.73 Å². The molecule has 1 heterocycles. The third kappa shape index (κ3) is 1.56. The van der Waals surface area contributed by atoms with Crippen LogP contribution in [0.25, 0.3) is 22.0 Å². The number of aromatic nitrogens is 2. The SMILES string of the molecule is Cc1c(-c2ccc3ccccc3c2)nn(C)c1N. The number of hydrogen-bond donors (Lipinski definition) is 1. The highest BCUT2D eigenvalue weighted by Crippen LogP contribution is 2.28. The number of hydrogen-bond acceptors (Lipinski definition) is 2. The van der Waals surface area contributed by atoms with E-state index < -0.39 is 0 Å². The molecule has 3 heteroatoms. The maximum atomic E-state index is 5.95. The fourth-order valence-electron chi connectivity index (χ4n) is 2.25. The Kier molecular flexibility index (Phi) is 2.33. The Morgan fingerprint density at radius 1 is 1.06 bits per heavy atom. The Morgan fingerprint density at radius 3 is 2.44 bits per heavy atom. The van der Waals surface area contributed by atoms with Crippen molar-refractivity contribution >= 4 is 16.6 Å². The number of fused-ring (bicyclic) bond motifs is 1. The molecule has 0 unspecified atom stereocenters. The normalized spacial score (nSPS) is 11.0. The zero-order valence-electron chi connectivity index (χ0n) is 10.5. The van der Waals surface area contributed by atoms with Gasteiger partial charge in [-0.05, 0) is 23.8 Å². The predicted molar refractivity (Wildman–Crippen MR) is 75.3 cm³/mol. The lowest BCUT2D eigenvalue weighted by atomic mass is 10.0. The zero-order chi connectivity index (χ0) is 12.7. The quantitative estimate of drug-likeness (QED) is 0.706. The Morgan fingerprint density at radius 2 is 1.78 bits per heavy atom. The summed E-state index contributed by atoms with van der Waals surface area (Å²) in [4.78, 5) is 0. The molecule has 0 bridgehead atoms. The second-order valence-electron chi connectivity index (χ2n) is 4.54. The second kappa shape index (κ2) is 3.88. The fourth-order valence-corrected chi connectivity index (χ4v) is 2.25. The number of benzene rings is 2. The minimum Gasteiger partial charge on any atom is -0.384 e. The van der Waals surface area contributed by atoms with Crippen molar-refractivity contribution in [1.82, 2.24) is 9.78 Å². The van der Waals surface area contributed by atoms with E-state index >= 15 is 0 Å². The van der Waals surface area contributed by atoms with Gasteiger partial charge in [0.2, 0.25) is 0 Å². The molecule has 3 nitrogen and oxygen atoms in total. The summed E-state index contributed by atoms with van der Waals surface area (Å²) in [6, 6.07) is 14.7. The molecule has 3 rings (SSSR count). The summed E-state index contributed by atoms with van der Waals surface area (Å²) in [6.07, 6.45) is 0. The number of nitrogens with zero attached hydrogens (tertiary/aromatic N) is 2. The summed E-state index contributed by atoms with van der Waals surface area (Å²) in [6.45, 7) is 2.01. The van der Waals surface area contributed by atoms with E-state index in [0.717, 1.165) is 22.6 Å². The molecule has 0 radical (unpaired) electrons. The van der Waals surface area contributed by atoms with Crippen LogP contribution in [0.1, 0.15) is 5.56 Å². The number of rotatable bonds is 1. The molecule has 3 aromatic rings. The van der Waals surface area contributed by atoms with Gasteiger partial charge in [-0.1, -0.05) is 36.4 Å². The lowest BCUT2D eigenvalue weighted by molar-refractivity contribution is 0.782. The summed E-state index contributed by atoms with van der Waals surface area (Å²) >= 11 is 0. The highest BCUT2D eigenvalue weighted by molar-refractivity contribution is 5.87. The van der Waals surface area contributed by atoms with Gasteiger partial charge in [0.1, 0.15) is 5.82 Å². The summed E-state index contributed by atoms with van der Waals surface area (Å²) in [5.74, 6) is 0.721. The average molecular weight is 237 g/mol. The summed E-state index contributed by atoms with van der Waals surface area (Å²) < 4.78 is 1.72. The first-order chi connectivity index (χ1) is 8.66. The van der Waals surface area contributed by atoms with Crippen molar-refractivity contribution < 1.29 is 0 Å². The molecule has 0 aliphatic heterocycles. The summed E-state index contributed by atoms with van der Waals surface area (Å²) in [5.41, 5.74) is 9.06. The third-order valence-electron chi connectivity index (χ3n) is 3.36. The van der Waals surface area contributed by atoms with E-state index in [9.17, 15) is 0 Å². The Bertz CT molecular complexity index is 726. The van der Waals surface area contributed by atoms with Crippen molar-refractivity contribution in [3.05, 3.63) is 48.0 Å². The van der Waals surface area contributed by atoms with Gasteiger partial charge in [0, 0.05) is 18.2 Å². The second-order valence-corrected chi connectivity index (χ2v) is 4.54. The first-order valence-electron chi connectivity index (χ1n) is 5.95. The molecule has 1 aromatic heterocycles. The van der Waals surface area contributed by atoms with E-state index in [1.54, 1.807) is 4.68 Å². The molecule has 0 amide bonds. The van der Waals surface area contributed by atoms with Gasteiger partial charge >= 0.3 is 0 Å². The first-order valence-corrected chi connectivity index (χ1v) is 5.95. The molecule has 0 aliphatic carbocycles. The zero-order valence-corrected chi connectivity index (χ0v) is 10.5. The van der Waals surface area contributed by atoms with Gasteiger partial charge in [-0.3, -0.25) is 4.68 Å². The Labute approximate surface area is 106 Å². The molecule has 0 saturated heterocycles. The van der Waals surface area contributed by atoms with Crippen LogP contribution in [0.2, 0.25) is 0 Å². The van der Waals surface area contributed by atoms with Gasteiger partial charge in [-0.2, -0.15) is 5.10 Å². The molecule has 0 spiro atoms. The molecule has 0 fully saturated rings. The molecule has 0 atom stereocenters. The van der Waals surface area contributed by atoms with E-state index in [2.05, 4.69) is 35.4 Å². The Hall–Kier alpha value is -2.29. The highest BCUT2D eigenvalue weighted by Gasteiger charge is 2.11. The smallest absolute Gasteiger partial charge is 0.124 e. The van der Waals surface area contributed by atoms with Crippen molar-refractivity contribution in [2.75, 3.05) is 5.73 Å². The molecular formula is C15H15N3. The molecule has 2 aromatic carbocycles. The molecular weight excluding hydrogens is 222 g/mol. The van der Waals surface area contributed by atoms with Crippen LogP contribution in [-0.2, 0) is 7.05 Å². The molecule has 0 aliphatic rings. The van der Waals surface area contributed by atoms with Gasteiger partial charge in [0.05, 0.1) is 5.69 Å². The van der Waals surface area contributed by atoms with E-state index in [0.29, 0.717) is 0 Å².